The van der Waals surface area contributed by atoms with E-state index < -0.39 is 11.6 Å². The van der Waals surface area contributed by atoms with E-state index in [9.17, 15) is 13.6 Å². The minimum absolute atomic E-state index is 0.00215. The molecule has 18 heavy (non-hydrogen) atoms. The lowest BCUT2D eigenvalue weighted by atomic mass is 10.2. The number of hydrogen-bond donors (Lipinski definition) is 0. The third-order valence-electron chi connectivity index (χ3n) is 2.56. The molecule has 2 aromatic rings. The minimum atomic E-state index is -0.727. The number of nitrogens with zero attached hydrogens (tertiary/aromatic N) is 1. The van der Waals surface area contributed by atoms with E-state index in [0.29, 0.717) is 12.8 Å². The molecule has 2 nitrogen and oxygen atoms in total. The summed E-state index contributed by atoms with van der Waals surface area (Å²) in [6.07, 6.45) is 0.425. The Kier molecular flexibility index (Phi) is 3.72. The average Bonchev–Trinajstić information content (AvgIpc) is 2.80. The fraction of sp³-hybridized carbons (Fsp3) is 0.154. The van der Waals surface area contributed by atoms with E-state index in [0.717, 1.165) is 17.7 Å². The number of thiophene rings is 1. The van der Waals surface area contributed by atoms with Crippen LogP contribution in [0.5, 0.6) is 0 Å². The molecule has 0 amide bonds. The van der Waals surface area contributed by atoms with Gasteiger partial charge in [0.25, 0.3) is 0 Å². The standard InChI is InChI=1S/C13H11F2NOS/c1-16(6-9-2-3-18-8-9)13-11(14)4-10(7-17)5-12(13)15/h2-5,7-8H,6H2,1H3. The van der Waals surface area contributed by atoms with Crippen molar-refractivity contribution in [2.45, 2.75) is 6.54 Å². The molecule has 0 saturated carbocycles. The van der Waals surface area contributed by atoms with Crippen molar-refractivity contribution in [3.63, 3.8) is 0 Å². The van der Waals surface area contributed by atoms with E-state index in [2.05, 4.69) is 0 Å². The van der Waals surface area contributed by atoms with Gasteiger partial charge in [0, 0.05) is 19.2 Å². The summed E-state index contributed by atoms with van der Waals surface area (Å²) in [6, 6.07) is 3.97. The number of hydrogen-bond acceptors (Lipinski definition) is 3. The highest BCUT2D eigenvalue weighted by Crippen LogP contribution is 2.25. The molecule has 94 valence electrons. The minimum Gasteiger partial charge on any atom is -0.365 e. The van der Waals surface area contributed by atoms with Gasteiger partial charge in [0.05, 0.1) is 0 Å². The second kappa shape index (κ2) is 5.27. The van der Waals surface area contributed by atoms with Crippen molar-refractivity contribution in [2.75, 3.05) is 11.9 Å². The quantitative estimate of drug-likeness (QED) is 0.790. The molecule has 1 aromatic heterocycles. The number of benzene rings is 1. The fourth-order valence-electron chi connectivity index (χ4n) is 1.75. The molecule has 0 aliphatic rings. The predicted molar refractivity (Wildman–Crippen MR) is 68.2 cm³/mol. The molecule has 0 radical (unpaired) electrons. The lowest BCUT2D eigenvalue weighted by Crippen LogP contribution is -2.19. The molecule has 1 aromatic carbocycles. The highest BCUT2D eigenvalue weighted by molar-refractivity contribution is 7.07. The Morgan fingerprint density at radius 3 is 2.50 bits per heavy atom. The zero-order chi connectivity index (χ0) is 13.1. The molecule has 0 spiro atoms. The van der Waals surface area contributed by atoms with Crippen LogP contribution in [0.3, 0.4) is 0 Å². The summed E-state index contributed by atoms with van der Waals surface area (Å²) in [7, 11) is 1.61. The second-order valence-corrected chi connectivity index (χ2v) is 4.72. The Balaban J connectivity index is 2.30. The Bertz CT molecular complexity index is 531. The summed E-state index contributed by atoms with van der Waals surface area (Å²) in [5.74, 6) is -1.45. The van der Waals surface area contributed by atoms with Crippen LogP contribution in [0, 0.1) is 11.6 Å². The number of aldehydes is 1. The van der Waals surface area contributed by atoms with E-state index in [4.69, 9.17) is 0 Å². The summed E-state index contributed by atoms with van der Waals surface area (Å²) in [5, 5.41) is 3.83. The first kappa shape index (κ1) is 12.7. The monoisotopic (exact) mass is 267 g/mol. The molecule has 0 saturated heterocycles. The Morgan fingerprint density at radius 2 is 2.00 bits per heavy atom. The Morgan fingerprint density at radius 1 is 1.33 bits per heavy atom. The molecule has 1 heterocycles. The SMILES string of the molecule is CN(Cc1ccsc1)c1c(F)cc(C=O)cc1F. The first-order chi connectivity index (χ1) is 8.61. The highest BCUT2D eigenvalue weighted by Gasteiger charge is 2.15. The van der Waals surface area contributed by atoms with E-state index >= 15 is 0 Å². The molecular formula is C13H11F2NOS. The van der Waals surface area contributed by atoms with E-state index in [1.807, 2.05) is 16.8 Å². The number of carbonyl (C=O) groups excluding carboxylic acids is 1. The summed E-state index contributed by atoms with van der Waals surface area (Å²) in [4.78, 5) is 12.0. The molecule has 0 N–H and O–H groups in total. The molecule has 5 heteroatoms. The first-order valence-electron chi connectivity index (χ1n) is 5.28. The van der Waals surface area contributed by atoms with Crippen molar-refractivity contribution in [2.24, 2.45) is 0 Å². The van der Waals surface area contributed by atoms with Crippen LogP contribution in [-0.2, 0) is 6.54 Å². The van der Waals surface area contributed by atoms with Crippen LogP contribution >= 0.6 is 11.3 Å². The number of anilines is 1. The van der Waals surface area contributed by atoms with Gasteiger partial charge in [-0.3, -0.25) is 4.79 Å². The molecule has 0 unspecified atom stereocenters. The Labute approximate surface area is 107 Å². The molecule has 0 fully saturated rings. The van der Waals surface area contributed by atoms with Gasteiger partial charge in [0.15, 0.2) is 0 Å². The third kappa shape index (κ3) is 2.56. The van der Waals surface area contributed by atoms with E-state index in [-0.39, 0.29) is 11.3 Å². The number of rotatable bonds is 4. The van der Waals surface area contributed by atoms with E-state index in [1.165, 1.54) is 16.2 Å². The van der Waals surface area contributed by atoms with Crippen molar-refractivity contribution >= 4 is 23.3 Å². The smallest absolute Gasteiger partial charge is 0.150 e. The molecule has 2 rings (SSSR count). The van der Waals surface area contributed by atoms with Gasteiger partial charge >= 0.3 is 0 Å². The largest absolute Gasteiger partial charge is 0.365 e. The van der Waals surface area contributed by atoms with Gasteiger partial charge < -0.3 is 4.90 Å². The molecular weight excluding hydrogens is 256 g/mol. The van der Waals surface area contributed by atoms with Crippen molar-refractivity contribution < 1.29 is 13.6 Å². The highest BCUT2D eigenvalue weighted by atomic mass is 32.1. The van der Waals surface area contributed by atoms with Crippen LogP contribution in [-0.4, -0.2) is 13.3 Å². The maximum absolute atomic E-state index is 13.7. The third-order valence-corrected chi connectivity index (χ3v) is 3.29. The van der Waals surface area contributed by atoms with Crippen LogP contribution in [0.2, 0.25) is 0 Å². The number of carbonyl (C=O) groups is 1. The normalized spacial score (nSPS) is 10.4. The first-order valence-corrected chi connectivity index (χ1v) is 6.22. The summed E-state index contributed by atoms with van der Waals surface area (Å²) < 4.78 is 27.5. The van der Waals surface area contributed by atoms with Gasteiger partial charge in [-0.2, -0.15) is 11.3 Å². The lowest BCUT2D eigenvalue weighted by molar-refractivity contribution is 0.112. The van der Waals surface area contributed by atoms with Crippen LogP contribution in [0.25, 0.3) is 0 Å². The predicted octanol–water partition coefficient (Wildman–Crippen LogP) is 3.48. The molecule has 0 bridgehead atoms. The summed E-state index contributed by atoms with van der Waals surface area (Å²) in [5.41, 5.74) is 0.866. The fourth-order valence-corrected chi connectivity index (χ4v) is 2.41. The zero-order valence-corrected chi connectivity index (χ0v) is 10.5. The van der Waals surface area contributed by atoms with E-state index in [1.54, 1.807) is 7.05 Å². The van der Waals surface area contributed by atoms with Gasteiger partial charge in [0.1, 0.15) is 23.6 Å². The van der Waals surface area contributed by atoms with Crippen LogP contribution in [0.1, 0.15) is 15.9 Å². The molecule has 0 aliphatic heterocycles. The van der Waals surface area contributed by atoms with Gasteiger partial charge in [-0.1, -0.05) is 0 Å². The summed E-state index contributed by atoms with van der Waals surface area (Å²) >= 11 is 1.53. The maximum atomic E-state index is 13.7. The second-order valence-electron chi connectivity index (χ2n) is 3.94. The van der Waals surface area contributed by atoms with Crippen molar-refractivity contribution in [3.8, 4) is 0 Å². The van der Waals surface area contributed by atoms with Gasteiger partial charge in [-0.25, -0.2) is 8.78 Å². The Hall–Kier alpha value is -1.75. The van der Waals surface area contributed by atoms with Crippen molar-refractivity contribution in [1.82, 2.24) is 0 Å². The molecule has 0 aliphatic carbocycles. The summed E-state index contributed by atoms with van der Waals surface area (Å²) in [6.45, 7) is 0.414. The lowest BCUT2D eigenvalue weighted by Gasteiger charge is -2.20. The molecule has 0 atom stereocenters. The van der Waals surface area contributed by atoms with Crippen LogP contribution < -0.4 is 4.90 Å². The van der Waals surface area contributed by atoms with Crippen LogP contribution in [0.4, 0.5) is 14.5 Å². The van der Waals surface area contributed by atoms with Crippen molar-refractivity contribution in [3.05, 3.63) is 51.7 Å². The van der Waals surface area contributed by atoms with Crippen molar-refractivity contribution in [1.29, 1.82) is 0 Å². The van der Waals surface area contributed by atoms with Gasteiger partial charge in [-0.05, 0) is 34.5 Å². The van der Waals surface area contributed by atoms with Gasteiger partial charge in [-0.15, -0.1) is 0 Å². The maximum Gasteiger partial charge on any atom is 0.150 e. The topological polar surface area (TPSA) is 20.3 Å². The van der Waals surface area contributed by atoms with Crippen LogP contribution in [0.15, 0.2) is 29.0 Å². The number of halogens is 2. The zero-order valence-electron chi connectivity index (χ0n) is 9.69. The van der Waals surface area contributed by atoms with Gasteiger partial charge in [0.2, 0.25) is 0 Å². The average molecular weight is 267 g/mol.